The van der Waals surface area contributed by atoms with Crippen LogP contribution in [0.3, 0.4) is 0 Å². The molecule has 4 nitrogen and oxygen atoms in total. The Hall–Kier alpha value is -1.55. The predicted molar refractivity (Wildman–Crippen MR) is 76.7 cm³/mol. The van der Waals surface area contributed by atoms with Crippen LogP contribution in [-0.2, 0) is 14.3 Å². The minimum atomic E-state index is -0.408. The quantitative estimate of drug-likeness (QED) is 0.570. The lowest BCUT2D eigenvalue weighted by molar-refractivity contribution is -0.145. The Labute approximate surface area is 124 Å². The molecule has 0 aliphatic carbocycles. The average Bonchev–Trinajstić information content (AvgIpc) is 2.39. The van der Waals surface area contributed by atoms with E-state index in [1.165, 1.54) is 0 Å². The Morgan fingerprint density at radius 1 is 1.15 bits per heavy atom. The first-order valence-corrected chi connectivity index (χ1v) is 6.97. The highest BCUT2D eigenvalue weighted by Gasteiger charge is 2.10. The van der Waals surface area contributed by atoms with Gasteiger partial charge in [-0.15, -0.1) is 0 Å². The fourth-order valence-electron chi connectivity index (χ4n) is 1.41. The summed E-state index contributed by atoms with van der Waals surface area (Å²) in [6.07, 6.45) is 0.770. The molecule has 20 heavy (non-hydrogen) atoms. The largest absolute Gasteiger partial charge is 0.465 e. The van der Waals surface area contributed by atoms with Gasteiger partial charge in [0.15, 0.2) is 0 Å². The second-order valence-corrected chi connectivity index (χ2v) is 5.24. The predicted octanol–water partition coefficient (Wildman–Crippen LogP) is 3.61. The second kappa shape index (κ2) is 8.59. The molecule has 0 N–H and O–H groups in total. The van der Waals surface area contributed by atoms with Crippen LogP contribution < -0.4 is 4.74 Å². The smallest absolute Gasteiger partial charge is 0.311 e. The van der Waals surface area contributed by atoms with Gasteiger partial charge in [-0.3, -0.25) is 9.59 Å². The number of benzene rings is 1. The van der Waals surface area contributed by atoms with Crippen LogP contribution in [0.25, 0.3) is 0 Å². The van der Waals surface area contributed by atoms with E-state index >= 15 is 0 Å². The number of rotatable bonds is 7. The van der Waals surface area contributed by atoms with Gasteiger partial charge in [-0.2, -0.15) is 0 Å². The zero-order valence-corrected chi connectivity index (χ0v) is 12.5. The number of esters is 2. The highest BCUT2D eigenvalue weighted by Crippen LogP contribution is 2.23. The Balaban J connectivity index is 2.24. The maximum Gasteiger partial charge on any atom is 0.311 e. The Bertz CT molecular complexity index is 457. The van der Waals surface area contributed by atoms with E-state index in [1.54, 1.807) is 24.3 Å². The van der Waals surface area contributed by atoms with Crippen molar-refractivity contribution in [1.29, 1.82) is 0 Å². The Morgan fingerprint density at radius 3 is 2.45 bits per heavy atom. The summed E-state index contributed by atoms with van der Waals surface area (Å²) in [5.74, 6) is -0.0512. The molecule has 1 aromatic carbocycles. The van der Waals surface area contributed by atoms with Gasteiger partial charge in [0.1, 0.15) is 5.75 Å². The summed E-state index contributed by atoms with van der Waals surface area (Å²) in [4.78, 5) is 22.9. The third-order valence-corrected chi connectivity index (χ3v) is 2.71. The highest BCUT2D eigenvalue weighted by atomic mass is 35.5. The molecular formula is C15H19ClO4. The van der Waals surface area contributed by atoms with Gasteiger partial charge in [0, 0.05) is 12.8 Å². The molecular weight excluding hydrogens is 280 g/mol. The molecule has 0 atom stereocenters. The van der Waals surface area contributed by atoms with Crippen LogP contribution in [0.15, 0.2) is 24.3 Å². The molecule has 0 saturated heterocycles. The molecule has 0 heterocycles. The van der Waals surface area contributed by atoms with E-state index < -0.39 is 5.97 Å². The molecule has 0 aliphatic heterocycles. The summed E-state index contributed by atoms with van der Waals surface area (Å²) < 4.78 is 10.1. The standard InChI is InChI=1S/C15H19ClO4/c1-11(2)10-19-14(17)8-5-9-15(18)20-13-7-4-3-6-12(13)16/h3-4,6-7,11H,5,8-10H2,1-2H3. The van der Waals surface area contributed by atoms with Crippen LogP contribution in [-0.4, -0.2) is 18.5 Å². The van der Waals surface area contributed by atoms with Gasteiger partial charge in [0.2, 0.25) is 0 Å². The van der Waals surface area contributed by atoms with Crippen molar-refractivity contribution in [2.45, 2.75) is 33.1 Å². The van der Waals surface area contributed by atoms with Gasteiger partial charge in [-0.1, -0.05) is 37.6 Å². The van der Waals surface area contributed by atoms with Crippen molar-refractivity contribution in [1.82, 2.24) is 0 Å². The molecule has 0 aliphatic rings. The van der Waals surface area contributed by atoms with Gasteiger partial charge >= 0.3 is 11.9 Å². The maximum atomic E-state index is 11.6. The minimum Gasteiger partial charge on any atom is -0.465 e. The summed E-state index contributed by atoms with van der Waals surface area (Å²) in [5.41, 5.74) is 0. The summed E-state index contributed by atoms with van der Waals surface area (Å²) in [6.45, 7) is 4.34. The van der Waals surface area contributed by atoms with Crippen LogP contribution in [0.2, 0.25) is 5.02 Å². The zero-order valence-electron chi connectivity index (χ0n) is 11.7. The number of carbonyl (C=O) groups is 2. The number of hydrogen-bond acceptors (Lipinski definition) is 4. The average molecular weight is 299 g/mol. The van der Waals surface area contributed by atoms with Crippen LogP contribution in [0.4, 0.5) is 0 Å². The normalized spacial score (nSPS) is 10.4. The molecule has 0 saturated carbocycles. The number of ether oxygens (including phenoxy) is 2. The SMILES string of the molecule is CC(C)COC(=O)CCCC(=O)Oc1ccccc1Cl. The summed E-state index contributed by atoms with van der Waals surface area (Å²) in [6, 6.07) is 6.76. The first kappa shape index (κ1) is 16.5. The lowest BCUT2D eigenvalue weighted by Gasteiger charge is -2.07. The molecule has 0 amide bonds. The van der Waals surface area contributed by atoms with Crippen LogP contribution in [0, 0.1) is 5.92 Å². The van der Waals surface area contributed by atoms with E-state index in [4.69, 9.17) is 21.1 Å². The fourth-order valence-corrected chi connectivity index (χ4v) is 1.58. The second-order valence-electron chi connectivity index (χ2n) is 4.83. The monoisotopic (exact) mass is 298 g/mol. The maximum absolute atomic E-state index is 11.6. The van der Waals surface area contributed by atoms with Crippen molar-refractivity contribution in [3.05, 3.63) is 29.3 Å². The zero-order chi connectivity index (χ0) is 15.0. The minimum absolute atomic E-state index is 0.155. The van der Waals surface area contributed by atoms with Gasteiger partial charge in [0.05, 0.1) is 11.6 Å². The first-order valence-electron chi connectivity index (χ1n) is 6.60. The van der Waals surface area contributed by atoms with Crippen molar-refractivity contribution in [2.75, 3.05) is 6.61 Å². The van der Waals surface area contributed by atoms with Crippen LogP contribution >= 0.6 is 11.6 Å². The van der Waals surface area contributed by atoms with Crippen LogP contribution in [0.5, 0.6) is 5.75 Å². The van der Waals surface area contributed by atoms with Crippen molar-refractivity contribution in [3.8, 4) is 5.75 Å². The Morgan fingerprint density at radius 2 is 1.80 bits per heavy atom. The summed E-state index contributed by atoms with van der Waals surface area (Å²) in [7, 11) is 0. The van der Waals surface area contributed by atoms with E-state index in [0.29, 0.717) is 29.7 Å². The van der Waals surface area contributed by atoms with Crippen LogP contribution in [0.1, 0.15) is 33.1 Å². The van der Waals surface area contributed by atoms with E-state index in [-0.39, 0.29) is 18.8 Å². The van der Waals surface area contributed by atoms with Crippen molar-refractivity contribution in [2.24, 2.45) is 5.92 Å². The molecule has 0 radical (unpaired) electrons. The van der Waals surface area contributed by atoms with Crippen molar-refractivity contribution < 1.29 is 19.1 Å². The summed E-state index contributed by atoms with van der Waals surface area (Å²) >= 11 is 5.87. The lowest BCUT2D eigenvalue weighted by Crippen LogP contribution is -2.12. The van der Waals surface area contributed by atoms with Gasteiger partial charge in [0.25, 0.3) is 0 Å². The topological polar surface area (TPSA) is 52.6 Å². The molecule has 0 fully saturated rings. The summed E-state index contributed by atoms with van der Waals surface area (Å²) in [5, 5.41) is 0.386. The van der Waals surface area contributed by atoms with E-state index in [2.05, 4.69) is 0 Å². The number of halogens is 1. The first-order chi connectivity index (χ1) is 9.49. The molecule has 110 valence electrons. The molecule has 5 heteroatoms. The number of para-hydroxylation sites is 1. The Kier molecular flexibility index (Phi) is 7.09. The molecule has 0 aromatic heterocycles. The number of carbonyl (C=O) groups excluding carboxylic acids is 2. The lowest BCUT2D eigenvalue weighted by atomic mass is 10.2. The molecule has 0 bridgehead atoms. The molecule has 0 spiro atoms. The van der Waals surface area contributed by atoms with Crippen molar-refractivity contribution >= 4 is 23.5 Å². The number of hydrogen-bond donors (Lipinski definition) is 0. The van der Waals surface area contributed by atoms with E-state index in [9.17, 15) is 9.59 Å². The van der Waals surface area contributed by atoms with E-state index in [1.807, 2.05) is 13.8 Å². The highest BCUT2D eigenvalue weighted by molar-refractivity contribution is 6.32. The van der Waals surface area contributed by atoms with E-state index in [0.717, 1.165) is 0 Å². The van der Waals surface area contributed by atoms with Gasteiger partial charge < -0.3 is 9.47 Å². The molecule has 0 unspecified atom stereocenters. The van der Waals surface area contributed by atoms with Gasteiger partial charge in [-0.05, 0) is 24.5 Å². The molecule has 1 aromatic rings. The third-order valence-electron chi connectivity index (χ3n) is 2.40. The molecule has 1 rings (SSSR count). The van der Waals surface area contributed by atoms with Crippen molar-refractivity contribution in [3.63, 3.8) is 0 Å². The third kappa shape index (κ3) is 6.57. The van der Waals surface area contributed by atoms with Gasteiger partial charge in [-0.25, -0.2) is 0 Å². The fraction of sp³-hybridized carbons (Fsp3) is 0.467.